The maximum absolute atomic E-state index is 12.6. The van der Waals surface area contributed by atoms with E-state index in [2.05, 4.69) is 5.32 Å². The van der Waals surface area contributed by atoms with Crippen LogP contribution in [0.2, 0.25) is 10.0 Å². The molecular formula is C21H20Cl2N2O2. The number of rotatable bonds is 6. The van der Waals surface area contributed by atoms with Crippen molar-refractivity contribution in [1.82, 2.24) is 0 Å². The molecular weight excluding hydrogens is 383 g/mol. The lowest BCUT2D eigenvalue weighted by Gasteiger charge is -2.12. The molecule has 0 atom stereocenters. The van der Waals surface area contributed by atoms with Gasteiger partial charge in [-0.25, -0.2) is 0 Å². The topological polar surface area (TPSA) is 62.1 Å². The van der Waals surface area contributed by atoms with Gasteiger partial charge in [0.05, 0.1) is 11.6 Å². The van der Waals surface area contributed by atoms with Gasteiger partial charge in [0.1, 0.15) is 17.4 Å². The summed E-state index contributed by atoms with van der Waals surface area (Å²) in [5, 5.41) is 13.0. The summed E-state index contributed by atoms with van der Waals surface area (Å²) in [6, 6.07) is 10.7. The molecule has 2 rings (SSSR count). The predicted molar refractivity (Wildman–Crippen MR) is 110 cm³/mol. The second-order valence-electron chi connectivity index (χ2n) is 6.03. The molecule has 0 aliphatic rings. The van der Waals surface area contributed by atoms with Crippen LogP contribution in [0.3, 0.4) is 0 Å². The molecule has 0 bridgehead atoms. The summed E-state index contributed by atoms with van der Waals surface area (Å²) in [6.07, 6.45) is 2.23. The maximum Gasteiger partial charge on any atom is 0.266 e. The van der Waals surface area contributed by atoms with Crippen molar-refractivity contribution in [2.24, 2.45) is 0 Å². The van der Waals surface area contributed by atoms with Crippen molar-refractivity contribution in [3.63, 3.8) is 0 Å². The van der Waals surface area contributed by atoms with Crippen LogP contribution >= 0.6 is 23.2 Å². The van der Waals surface area contributed by atoms with Crippen molar-refractivity contribution >= 4 is 40.9 Å². The van der Waals surface area contributed by atoms with Crippen molar-refractivity contribution in [1.29, 1.82) is 5.26 Å². The normalized spacial score (nSPS) is 11.0. The van der Waals surface area contributed by atoms with E-state index in [0.29, 0.717) is 33.7 Å². The van der Waals surface area contributed by atoms with Gasteiger partial charge in [0.2, 0.25) is 0 Å². The molecule has 0 unspecified atom stereocenters. The number of hydrogen-bond donors (Lipinski definition) is 1. The number of benzene rings is 2. The molecule has 4 nitrogen and oxygen atoms in total. The van der Waals surface area contributed by atoms with E-state index in [1.54, 1.807) is 18.2 Å². The van der Waals surface area contributed by atoms with Crippen LogP contribution in [-0.4, -0.2) is 12.5 Å². The maximum atomic E-state index is 12.6. The lowest BCUT2D eigenvalue weighted by atomic mass is 10.1. The summed E-state index contributed by atoms with van der Waals surface area (Å²) in [6.45, 7) is 6.29. The molecule has 0 aliphatic heterocycles. The third-order valence-corrected chi connectivity index (χ3v) is 4.50. The minimum Gasteiger partial charge on any atom is -0.491 e. The third-order valence-electron chi connectivity index (χ3n) is 4.01. The first-order valence-electron chi connectivity index (χ1n) is 8.48. The van der Waals surface area contributed by atoms with Crippen molar-refractivity contribution in [3.05, 3.63) is 62.6 Å². The monoisotopic (exact) mass is 402 g/mol. The molecule has 0 spiro atoms. The van der Waals surface area contributed by atoms with Crippen molar-refractivity contribution in [2.75, 3.05) is 11.9 Å². The van der Waals surface area contributed by atoms with Gasteiger partial charge in [-0.1, -0.05) is 42.3 Å². The van der Waals surface area contributed by atoms with Gasteiger partial charge in [0.15, 0.2) is 0 Å². The molecule has 0 aliphatic carbocycles. The number of carbonyl (C=O) groups is 1. The van der Waals surface area contributed by atoms with E-state index in [1.165, 1.54) is 6.08 Å². The van der Waals surface area contributed by atoms with E-state index in [0.717, 1.165) is 17.5 Å². The first kappa shape index (κ1) is 20.8. The summed E-state index contributed by atoms with van der Waals surface area (Å²) in [5.74, 6) is -0.112. The number of nitrogens with zero attached hydrogens (tertiary/aromatic N) is 1. The van der Waals surface area contributed by atoms with Gasteiger partial charge in [-0.15, -0.1) is 0 Å². The smallest absolute Gasteiger partial charge is 0.266 e. The summed E-state index contributed by atoms with van der Waals surface area (Å²) in [7, 11) is 0. The van der Waals surface area contributed by atoms with E-state index in [-0.39, 0.29) is 5.57 Å². The average molecular weight is 403 g/mol. The predicted octanol–water partition coefficient (Wildman–Crippen LogP) is 5.94. The fourth-order valence-electron chi connectivity index (χ4n) is 2.42. The third kappa shape index (κ3) is 5.26. The first-order chi connectivity index (χ1) is 12.9. The van der Waals surface area contributed by atoms with E-state index >= 15 is 0 Å². The summed E-state index contributed by atoms with van der Waals surface area (Å²) in [5.41, 5.74) is 3.06. The summed E-state index contributed by atoms with van der Waals surface area (Å²) >= 11 is 12.3. The van der Waals surface area contributed by atoms with Crippen molar-refractivity contribution in [2.45, 2.75) is 27.2 Å². The van der Waals surface area contributed by atoms with Crippen LogP contribution in [0.1, 0.15) is 30.0 Å². The van der Waals surface area contributed by atoms with Crippen LogP contribution in [0.4, 0.5) is 5.69 Å². The fraction of sp³-hybridized carbons (Fsp3) is 0.238. The van der Waals surface area contributed by atoms with Crippen LogP contribution in [0.15, 0.2) is 35.9 Å². The van der Waals surface area contributed by atoms with Crippen LogP contribution in [0.5, 0.6) is 5.75 Å². The zero-order valence-corrected chi connectivity index (χ0v) is 16.9. The molecule has 1 N–H and O–H groups in total. The van der Waals surface area contributed by atoms with Crippen LogP contribution < -0.4 is 10.1 Å². The Morgan fingerprint density at radius 2 is 2.04 bits per heavy atom. The van der Waals surface area contributed by atoms with Gasteiger partial charge in [-0.05, 0) is 55.7 Å². The highest BCUT2D eigenvalue weighted by Gasteiger charge is 2.15. The minimum absolute atomic E-state index is 0.0735. The summed E-state index contributed by atoms with van der Waals surface area (Å²) < 4.78 is 5.67. The Kier molecular flexibility index (Phi) is 7.29. The molecule has 0 heterocycles. The Morgan fingerprint density at radius 1 is 1.30 bits per heavy atom. The number of carbonyl (C=O) groups excluding carboxylic acids is 1. The minimum atomic E-state index is -0.510. The van der Waals surface area contributed by atoms with E-state index in [9.17, 15) is 10.1 Å². The van der Waals surface area contributed by atoms with Gasteiger partial charge >= 0.3 is 0 Å². The molecule has 0 saturated carbocycles. The molecule has 140 valence electrons. The molecule has 27 heavy (non-hydrogen) atoms. The van der Waals surface area contributed by atoms with Crippen molar-refractivity contribution in [3.8, 4) is 11.8 Å². The lowest BCUT2D eigenvalue weighted by Crippen LogP contribution is -2.14. The van der Waals surface area contributed by atoms with Crippen molar-refractivity contribution < 1.29 is 9.53 Å². The fourth-order valence-corrected chi connectivity index (χ4v) is 2.99. The van der Waals surface area contributed by atoms with Crippen LogP contribution in [0.25, 0.3) is 6.08 Å². The first-order valence-corrected chi connectivity index (χ1v) is 9.24. The van der Waals surface area contributed by atoms with Gasteiger partial charge in [-0.3, -0.25) is 4.79 Å². The Labute approximate surface area is 169 Å². The summed E-state index contributed by atoms with van der Waals surface area (Å²) in [4.78, 5) is 12.6. The molecule has 2 aromatic rings. The number of amides is 1. The highest BCUT2D eigenvalue weighted by atomic mass is 35.5. The molecule has 0 aromatic heterocycles. The number of halogens is 2. The van der Waals surface area contributed by atoms with Crippen LogP contribution in [-0.2, 0) is 4.79 Å². The van der Waals surface area contributed by atoms with E-state index in [4.69, 9.17) is 27.9 Å². The van der Waals surface area contributed by atoms with Crippen LogP contribution in [0, 0.1) is 25.2 Å². The lowest BCUT2D eigenvalue weighted by molar-refractivity contribution is -0.112. The zero-order valence-electron chi connectivity index (χ0n) is 15.4. The Morgan fingerprint density at radius 3 is 2.70 bits per heavy atom. The number of ether oxygens (including phenoxy) is 1. The largest absolute Gasteiger partial charge is 0.491 e. The molecule has 0 radical (unpaired) electrons. The van der Waals surface area contributed by atoms with Gasteiger partial charge in [-0.2, -0.15) is 5.26 Å². The molecule has 0 saturated heterocycles. The highest BCUT2D eigenvalue weighted by Crippen LogP contribution is 2.34. The van der Waals surface area contributed by atoms with Gasteiger partial charge in [0.25, 0.3) is 5.91 Å². The second kappa shape index (κ2) is 9.45. The van der Waals surface area contributed by atoms with E-state index < -0.39 is 5.91 Å². The average Bonchev–Trinajstić information content (AvgIpc) is 2.62. The number of anilines is 1. The zero-order chi connectivity index (χ0) is 20.0. The molecule has 2 aromatic carbocycles. The molecule has 1 amide bonds. The number of hydrogen-bond acceptors (Lipinski definition) is 3. The Bertz CT molecular complexity index is 931. The quantitative estimate of drug-likeness (QED) is 0.479. The Hall–Kier alpha value is -2.48. The SMILES string of the molecule is CCCOc1c(Cl)cc(Cl)cc1/C=C(\C#N)C(=O)Nc1cccc(C)c1C. The number of nitriles is 1. The number of aryl methyl sites for hydroxylation is 1. The number of nitrogens with one attached hydrogen (secondary N) is 1. The van der Waals surface area contributed by atoms with Gasteiger partial charge < -0.3 is 10.1 Å². The van der Waals surface area contributed by atoms with Gasteiger partial charge in [0, 0.05) is 16.3 Å². The molecule has 0 fully saturated rings. The second-order valence-corrected chi connectivity index (χ2v) is 6.87. The standard InChI is InChI=1S/C21H20Cl2N2O2/c1-4-8-27-20-15(10-17(22)11-18(20)23)9-16(12-24)21(26)25-19-7-5-6-13(2)14(19)3/h5-7,9-11H,4,8H2,1-3H3,(H,25,26)/b16-9+. The highest BCUT2D eigenvalue weighted by molar-refractivity contribution is 6.36. The van der Waals surface area contributed by atoms with E-state index in [1.807, 2.05) is 39.0 Å². The molecule has 6 heteroatoms. The Balaban J connectivity index is 2.39.